The molecule has 0 N–H and O–H groups in total. The van der Waals surface area contributed by atoms with Crippen molar-refractivity contribution in [2.75, 3.05) is 0 Å². The number of allylic oxidation sites excluding steroid dienone is 2. The molecule has 2 rings (SSSR count). The summed E-state index contributed by atoms with van der Waals surface area (Å²) in [6.07, 6.45) is 10.6. The van der Waals surface area contributed by atoms with Crippen molar-refractivity contribution in [1.82, 2.24) is 0 Å². The van der Waals surface area contributed by atoms with E-state index < -0.39 is 0 Å². The zero-order valence-electron chi connectivity index (χ0n) is 10.8. The quantitative estimate of drug-likeness (QED) is 0.547. The van der Waals surface area contributed by atoms with Crippen LogP contribution in [-0.4, -0.2) is 0 Å². The maximum atomic E-state index is 2.52. The topological polar surface area (TPSA) is 0 Å². The van der Waals surface area contributed by atoms with Crippen LogP contribution in [0.3, 0.4) is 0 Å². The van der Waals surface area contributed by atoms with Crippen molar-refractivity contribution >= 4 is 0 Å². The molecule has 0 aromatic carbocycles. The molecule has 0 radical (unpaired) electrons. The van der Waals surface area contributed by atoms with Gasteiger partial charge in [0.2, 0.25) is 0 Å². The Bertz CT molecular complexity index is 251. The van der Waals surface area contributed by atoms with E-state index in [4.69, 9.17) is 0 Å². The minimum absolute atomic E-state index is 0.531. The predicted octanol–water partition coefficient (Wildman–Crippen LogP) is 4.66. The lowest BCUT2D eigenvalue weighted by Crippen LogP contribution is -2.39. The molecule has 1 saturated carbocycles. The van der Waals surface area contributed by atoms with Gasteiger partial charge >= 0.3 is 0 Å². The lowest BCUT2D eigenvalue weighted by molar-refractivity contribution is 0.0563. The van der Waals surface area contributed by atoms with Crippen molar-refractivity contribution < 1.29 is 0 Å². The Hall–Kier alpha value is -0.260. The van der Waals surface area contributed by atoms with Crippen molar-refractivity contribution in [3.63, 3.8) is 0 Å². The molecular weight excluding hydrogens is 180 g/mol. The average Bonchev–Trinajstić information content (AvgIpc) is 2.17. The lowest BCUT2D eigenvalue weighted by atomic mass is 9.56. The molecule has 0 aromatic heterocycles. The van der Waals surface area contributed by atoms with Gasteiger partial charge in [-0.25, -0.2) is 0 Å². The molecule has 0 saturated heterocycles. The third-order valence-electron chi connectivity index (χ3n) is 5.09. The maximum absolute atomic E-state index is 2.52. The van der Waals surface area contributed by atoms with Gasteiger partial charge in [-0.3, -0.25) is 0 Å². The molecule has 86 valence electrons. The van der Waals surface area contributed by atoms with E-state index in [1.807, 2.05) is 0 Å². The van der Waals surface area contributed by atoms with Crippen LogP contribution in [0, 0.1) is 29.1 Å². The first-order valence-corrected chi connectivity index (χ1v) is 6.70. The van der Waals surface area contributed by atoms with Gasteiger partial charge in [0.1, 0.15) is 0 Å². The van der Waals surface area contributed by atoms with E-state index in [0.29, 0.717) is 5.41 Å². The zero-order chi connectivity index (χ0) is 11.1. The molecule has 0 aromatic rings. The van der Waals surface area contributed by atoms with E-state index in [-0.39, 0.29) is 0 Å². The van der Waals surface area contributed by atoms with Crippen LogP contribution in [0.25, 0.3) is 0 Å². The fourth-order valence-electron chi connectivity index (χ4n) is 3.81. The summed E-state index contributed by atoms with van der Waals surface area (Å²) in [6.45, 7) is 9.74. The molecule has 0 heterocycles. The third-order valence-corrected chi connectivity index (χ3v) is 5.09. The molecule has 4 atom stereocenters. The van der Waals surface area contributed by atoms with Crippen molar-refractivity contribution in [2.24, 2.45) is 29.1 Å². The minimum Gasteiger partial charge on any atom is -0.0877 e. The summed E-state index contributed by atoms with van der Waals surface area (Å²) in [5.41, 5.74) is 0.531. The Labute approximate surface area is 95.1 Å². The first-order valence-electron chi connectivity index (χ1n) is 6.70. The smallest absolute Gasteiger partial charge is 0.0115 e. The highest BCUT2D eigenvalue weighted by atomic mass is 14.5. The van der Waals surface area contributed by atoms with E-state index in [9.17, 15) is 0 Å². The molecule has 0 spiro atoms. The number of rotatable bonds is 1. The van der Waals surface area contributed by atoms with Crippen LogP contribution in [-0.2, 0) is 0 Å². The molecule has 0 nitrogen and oxygen atoms in total. The Morgan fingerprint density at radius 1 is 1.33 bits per heavy atom. The van der Waals surface area contributed by atoms with Gasteiger partial charge in [-0.1, -0.05) is 39.8 Å². The second-order valence-electron chi connectivity index (χ2n) is 6.51. The molecule has 0 aliphatic heterocycles. The van der Waals surface area contributed by atoms with Crippen LogP contribution >= 0.6 is 0 Å². The highest BCUT2D eigenvalue weighted by molar-refractivity contribution is 5.09. The standard InChI is InChI=1S/C15H26/c1-11(2)13-7-9-15(4)8-5-6-12(3)14(15)10-13/h5,8,11-14H,6-7,9-10H2,1-4H3/t12-,13+,14-,15+/m0/s1. The molecule has 0 heteroatoms. The molecule has 2 aliphatic rings. The van der Waals surface area contributed by atoms with Crippen molar-refractivity contribution in [3.05, 3.63) is 12.2 Å². The van der Waals surface area contributed by atoms with Gasteiger partial charge in [-0.2, -0.15) is 0 Å². The van der Waals surface area contributed by atoms with Crippen LogP contribution in [0.4, 0.5) is 0 Å². The van der Waals surface area contributed by atoms with E-state index >= 15 is 0 Å². The summed E-state index contributed by atoms with van der Waals surface area (Å²) < 4.78 is 0. The highest BCUT2D eigenvalue weighted by Gasteiger charge is 2.42. The largest absolute Gasteiger partial charge is 0.0877 e. The fraction of sp³-hybridized carbons (Fsp3) is 0.867. The minimum atomic E-state index is 0.531. The summed E-state index contributed by atoms with van der Waals surface area (Å²) in [6, 6.07) is 0. The summed E-state index contributed by atoms with van der Waals surface area (Å²) in [7, 11) is 0. The highest BCUT2D eigenvalue weighted by Crippen LogP contribution is 2.52. The normalized spacial score (nSPS) is 45.5. The molecule has 0 amide bonds. The lowest BCUT2D eigenvalue weighted by Gasteiger charge is -2.48. The Kier molecular flexibility index (Phi) is 2.96. The number of fused-ring (bicyclic) bond motifs is 1. The van der Waals surface area contributed by atoms with Crippen molar-refractivity contribution in [2.45, 2.75) is 53.4 Å². The second kappa shape index (κ2) is 3.96. The number of hydrogen-bond donors (Lipinski definition) is 0. The zero-order valence-corrected chi connectivity index (χ0v) is 10.8. The van der Waals surface area contributed by atoms with Gasteiger partial charge in [0.15, 0.2) is 0 Å². The Morgan fingerprint density at radius 2 is 2.07 bits per heavy atom. The van der Waals surface area contributed by atoms with E-state index in [0.717, 1.165) is 23.7 Å². The van der Waals surface area contributed by atoms with Gasteiger partial charge in [0.05, 0.1) is 0 Å². The second-order valence-corrected chi connectivity index (χ2v) is 6.51. The summed E-state index contributed by atoms with van der Waals surface area (Å²) in [4.78, 5) is 0. The summed E-state index contributed by atoms with van der Waals surface area (Å²) in [5, 5.41) is 0. The van der Waals surface area contributed by atoms with Crippen LogP contribution in [0.5, 0.6) is 0 Å². The molecule has 1 fully saturated rings. The number of hydrogen-bond acceptors (Lipinski definition) is 0. The average molecular weight is 206 g/mol. The van der Waals surface area contributed by atoms with Crippen LogP contribution in [0.15, 0.2) is 12.2 Å². The monoisotopic (exact) mass is 206 g/mol. The molecule has 15 heavy (non-hydrogen) atoms. The predicted molar refractivity (Wildman–Crippen MR) is 66.7 cm³/mol. The van der Waals surface area contributed by atoms with E-state index in [1.54, 1.807) is 0 Å². The first kappa shape index (κ1) is 11.2. The first-order chi connectivity index (χ1) is 7.03. The van der Waals surface area contributed by atoms with E-state index in [1.165, 1.54) is 25.7 Å². The van der Waals surface area contributed by atoms with Crippen LogP contribution in [0.2, 0.25) is 0 Å². The van der Waals surface area contributed by atoms with Gasteiger partial charge in [0, 0.05) is 0 Å². The van der Waals surface area contributed by atoms with Gasteiger partial charge < -0.3 is 0 Å². The maximum Gasteiger partial charge on any atom is -0.0115 e. The van der Waals surface area contributed by atoms with Crippen LogP contribution in [0.1, 0.15) is 53.4 Å². The summed E-state index contributed by atoms with van der Waals surface area (Å²) >= 11 is 0. The van der Waals surface area contributed by atoms with Gasteiger partial charge in [0.25, 0.3) is 0 Å². The Morgan fingerprint density at radius 3 is 2.73 bits per heavy atom. The van der Waals surface area contributed by atoms with Gasteiger partial charge in [-0.05, 0) is 54.8 Å². The molecular formula is C15H26. The molecule has 0 unspecified atom stereocenters. The van der Waals surface area contributed by atoms with Crippen LogP contribution < -0.4 is 0 Å². The Balaban J connectivity index is 2.14. The van der Waals surface area contributed by atoms with E-state index in [2.05, 4.69) is 39.8 Å². The summed E-state index contributed by atoms with van der Waals surface area (Å²) in [5.74, 6) is 3.72. The van der Waals surface area contributed by atoms with Gasteiger partial charge in [-0.15, -0.1) is 0 Å². The molecule has 0 bridgehead atoms. The third kappa shape index (κ3) is 2.00. The van der Waals surface area contributed by atoms with Crippen molar-refractivity contribution in [1.29, 1.82) is 0 Å². The fourth-order valence-corrected chi connectivity index (χ4v) is 3.81. The van der Waals surface area contributed by atoms with Crippen molar-refractivity contribution in [3.8, 4) is 0 Å². The molecule has 2 aliphatic carbocycles. The SMILES string of the molecule is CC(C)[C@@H]1CC[C@@]2(C)C=CC[C@H](C)[C@@H]2C1.